The van der Waals surface area contributed by atoms with E-state index >= 15 is 0 Å². The Bertz CT molecular complexity index is 389. The number of hydrogen-bond acceptors (Lipinski definition) is 3. The molecule has 1 aromatic carbocycles. The number of benzene rings is 1. The van der Waals surface area contributed by atoms with E-state index in [1.54, 1.807) is 6.07 Å². The fourth-order valence-electron chi connectivity index (χ4n) is 1.84. The second-order valence-corrected chi connectivity index (χ2v) is 4.09. The highest BCUT2D eigenvalue weighted by molar-refractivity contribution is 5.48. The first-order valence-corrected chi connectivity index (χ1v) is 5.74. The minimum absolute atomic E-state index is 0.136. The topological polar surface area (TPSA) is 30.5 Å². The summed E-state index contributed by atoms with van der Waals surface area (Å²) in [5.74, 6) is -0.222. The molecule has 2 rings (SSSR count). The molecule has 0 spiro atoms. The summed E-state index contributed by atoms with van der Waals surface area (Å²) < 4.78 is 45.4. The third-order valence-electron chi connectivity index (χ3n) is 2.63. The Labute approximate surface area is 103 Å². The summed E-state index contributed by atoms with van der Waals surface area (Å²) in [6.45, 7) is 1.35. The number of rotatable bonds is 4. The molecule has 18 heavy (non-hydrogen) atoms. The Kier molecular flexibility index (Phi) is 3.96. The smallest absolute Gasteiger partial charge is 0.406 e. The van der Waals surface area contributed by atoms with Crippen molar-refractivity contribution in [1.82, 2.24) is 0 Å². The average molecular weight is 261 g/mol. The lowest BCUT2D eigenvalue weighted by molar-refractivity contribution is -0.274. The second-order valence-electron chi connectivity index (χ2n) is 4.09. The lowest BCUT2D eigenvalue weighted by Gasteiger charge is -2.13. The number of hydrogen-bond donors (Lipinski definition) is 1. The summed E-state index contributed by atoms with van der Waals surface area (Å²) in [7, 11) is 0. The van der Waals surface area contributed by atoms with Crippen LogP contribution in [-0.2, 0) is 4.74 Å². The Morgan fingerprint density at radius 1 is 1.39 bits per heavy atom. The van der Waals surface area contributed by atoms with Gasteiger partial charge in [-0.15, -0.1) is 13.2 Å². The van der Waals surface area contributed by atoms with Gasteiger partial charge in [-0.2, -0.15) is 0 Å². The molecule has 0 aliphatic carbocycles. The monoisotopic (exact) mass is 261 g/mol. The number of alkyl halides is 3. The van der Waals surface area contributed by atoms with Crippen molar-refractivity contribution in [1.29, 1.82) is 0 Å². The molecule has 1 unspecified atom stereocenters. The van der Waals surface area contributed by atoms with Crippen LogP contribution < -0.4 is 10.1 Å². The van der Waals surface area contributed by atoms with Crippen LogP contribution in [0.4, 0.5) is 18.9 Å². The van der Waals surface area contributed by atoms with Gasteiger partial charge in [-0.05, 0) is 25.0 Å². The van der Waals surface area contributed by atoms with Gasteiger partial charge >= 0.3 is 6.36 Å². The fraction of sp³-hybridized carbons (Fsp3) is 0.500. The van der Waals surface area contributed by atoms with Crippen molar-refractivity contribution in [2.45, 2.75) is 25.3 Å². The molecule has 6 heteroatoms. The van der Waals surface area contributed by atoms with Gasteiger partial charge in [-0.25, -0.2) is 0 Å². The van der Waals surface area contributed by atoms with E-state index in [-0.39, 0.29) is 11.9 Å². The maximum Gasteiger partial charge on any atom is 0.573 e. The highest BCUT2D eigenvalue weighted by Crippen LogP contribution is 2.25. The summed E-state index contributed by atoms with van der Waals surface area (Å²) in [4.78, 5) is 0. The van der Waals surface area contributed by atoms with Crippen LogP contribution >= 0.6 is 0 Å². The highest BCUT2D eigenvalue weighted by atomic mass is 19.4. The van der Waals surface area contributed by atoms with E-state index in [1.807, 2.05) is 0 Å². The fourth-order valence-corrected chi connectivity index (χ4v) is 1.84. The summed E-state index contributed by atoms with van der Waals surface area (Å²) >= 11 is 0. The molecule has 0 amide bonds. The third-order valence-corrected chi connectivity index (χ3v) is 2.63. The molecule has 0 saturated carbocycles. The lowest BCUT2D eigenvalue weighted by Crippen LogP contribution is -2.19. The van der Waals surface area contributed by atoms with E-state index in [4.69, 9.17) is 4.74 Å². The molecule has 1 heterocycles. The van der Waals surface area contributed by atoms with Crippen LogP contribution in [0.5, 0.6) is 5.75 Å². The summed E-state index contributed by atoms with van der Waals surface area (Å²) in [5, 5.41) is 3.04. The van der Waals surface area contributed by atoms with Crippen molar-refractivity contribution in [3.05, 3.63) is 24.3 Å². The van der Waals surface area contributed by atoms with Gasteiger partial charge in [0.05, 0.1) is 6.10 Å². The third kappa shape index (κ3) is 4.10. The Hall–Kier alpha value is -1.43. The quantitative estimate of drug-likeness (QED) is 0.903. The van der Waals surface area contributed by atoms with Gasteiger partial charge in [0.25, 0.3) is 0 Å². The van der Waals surface area contributed by atoms with Crippen molar-refractivity contribution in [2.75, 3.05) is 18.5 Å². The maximum absolute atomic E-state index is 12.0. The zero-order valence-corrected chi connectivity index (χ0v) is 9.67. The summed E-state index contributed by atoms with van der Waals surface area (Å²) in [6, 6.07) is 5.80. The van der Waals surface area contributed by atoms with Crippen molar-refractivity contribution >= 4 is 5.69 Å². The molecular formula is C12H14F3NO2. The van der Waals surface area contributed by atoms with Gasteiger partial charge < -0.3 is 14.8 Å². The highest BCUT2D eigenvalue weighted by Gasteiger charge is 2.31. The van der Waals surface area contributed by atoms with Crippen LogP contribution in [0.15, 0.2) is 24.3 Å². The Balaban J connectivity index is 1.90. The second kappa shape index (κ2) is 5.48. The van der Waals surface area contributed by atoms with Crippen LogP contribution in [-0.4, -0.2) is 25.6 Å². The van der Waals surface area contributed by atoms with E-state index < -0.39 is 6.36 Å². The predicted octanol–water partition coefficient (Wildman–Crippen LogP) is 3.18. The van der Waals surface area contributed by atoms with Gasteiger partial charge in [0.2, 0.25) is 0 Å². The SMILES string of the molecule is FC(F)(F)Oc1cccc(NCC2CCCO2)c1. The van der Waals surface area contributed by atoms with E-state index in [9.17, 15) is 13.2 Å². The zero-order chi connectivity index (χ0) is 13.0. The first kappa shape index (κ1) is 13.0. The van der Waals surface area contributed by atoms with E-state index in [1.165, 1.54) is 18.2 Å². The molecule has 0 aromatic heterocycles. The number of nitrogens with one attached hydrogen (secondary N) is 1. The van der Waals surface area contributed by atoms with Crippen LogP contribution in [0.25, 0.3) is 0 Å². The number of ether oxygens (including phenoxy) is 2. The molecule has 1 N–H and O–H groups in total. The average Bonchev–Trinajstić information content (AvgIpc) is 2.77. The molecule has 1 aliphatic heterocycles. The molecule has 1 aromatic rings. The van der Waals surface area contributed by atoms with Crippen molar-refractivity contribution in [3.63, 3.8) is 0 Å². The van der Waals surface area contributed by atoms with Crippen molar-refractivity contribution in [2.24, 2.45) is 0 Å². The predicted molar refractivity (Wildman–Crippen MR) is 60.6 cm³/mol. The lowest BCUT2D eigenvalue weighted by atomic mass is 10.2. The standard InChI is InChI=1S/C12H14F3NO2/c13-12(14,15)18-10-4-1-3-9(7-10)16-8-11-5-2-6-17-11/h1,3-4,7,11,16H,2,5-6,8H2. The normalized spacial score (nSPS) is 19.8. The van der Waals surface area contributed by atoms with E-state index in [0.29, 0.717) is 12.2 Å². The maximum atomic E-state index is 12.0. The van der Waals surface area contributed by atoms with Gasteiger partial charge in [0.15, 0.2) is 0 Å². The molecular weight excluding hydrogens is 247 g/mol. The van der Waals surface area contributed by atoms with Gasteiger partial charge in [-0.1, -0.05) is 6.07 Å². The largest absolute Gasteiger partial charge is 0.573 e. The minimum atomic E-state index is -4.66. The molecule has 1 fully saturated rings. The molecule has 1 aliphatic rings. The minimum Gasteiger partial charge on any atom is -0.406 e. The van der Waals surface area contributed by atoms with Gasteiger partial charge in [-0.3, -0.25) is 0 Å². The zero-order valence-electron chi connectivity index (χ0n) is 9.67. The number of halogens is 3. The summed E-state index contributed by atoms with van der Waals surface area (Å²) in [5.41, 5.74) is 0.590. The van der Waals surface area contributed by atoms with Crippen molar-refractivity contribution in [3.8, 4) is 5.75 Å². The van der Waals surface area contributed by atoms with Crippen LogP contribution in [0, 0.1) is 0 Å². The van der Waals surface area contributed by atoms with Crippen molar-refractivity contribution < 1.29 is 22.6 Å². The van der Waals surface area contributed by atoms with Crippen LogP contribution in [0.2, 0.25) is 0 Å². The van der Waals surface area contributed by atoms with E-state index in [0.717, 1.165) is 19.4 Å². The molecule has 1 saturated heterocycles. The molecule has 0 bridgehead atoms. The molecule has 0 radical (unpaired) electrons. The Morgan fingerprint density at radius 2 is 2.22 bits per heavy atom. The van der Waals surface area contributed by atoms with Gasteiger partial charge in [0.1, 0.15) is 5.75 Å². The molecule has 100 valence electrons. The van der Waals surface area contributed by atoms with E-state index in [2.05, 4.69) is 10.1 Å². The molecule has 1 atom stereocenters. The van der Waals surface area contributed by atoms with Crippen LogP contribution in [0.1, 0.15) is 12.8 Å². The first-order valence-electron chi connectivity index (χ1n) is 5.74. The summed E-state index contributed by atoms with van der Waals surface area (Å²) in [6.07, 6.45) is -2.51. The Morgan fingerprint density at radius 3 is 2.89 bits per heavy atom. The number of anilines is 1. The first-order chi connectivity index (χ1) is 8.53. The van der Waals surface area contributed by atoms with Gasteiger partial charge in [0, 0.05) is 24.9 Å². The van der Waals surface area contributed by atoms with Crippen LogP contribution in [0.3, 0.4) is 0 Å². The molecule has 3 nitrogen and oxygen atoms in total.